The van der Waals surface area contributed by atoms with Crippen LogP contribution < -0.4 is 5.32 Å². The van der Waals surface area contributed by atoms with Crippen LogP contribution >= 0.6 is 0 Å². The van der Waals surface area contributed by atoms with E-state index >= 15 is 0 Å². The Morgan fingerprint density at radius 3 is 2.31 bits per heavy atom. The first-order chi connectivity index (χ1) is 13.9. The van der Waals surface area contributed by atoms with Crippen molar-refractivity contribution in [1.29, 1.82) is 0 Å². The molecule has 156 valence electrons. The predicted molar refractivity (Wildman–Crippen MR) is 110 cm³/mol. The standard InChI is InChI=1S/C23H31N3O3/c1-15-9-16(2)11-18(10-15)23(29)25-7-5-17(6-8-25)13-26-14-19(12-21(26)27)22(28)24-20-3-4-20/h9-11,17,19-20H,3-8,12-14H2,1-2H3,(H,24,28). The Labute approximate surface area is 172 Å². The highest BCUT2D eigenvalue weighted by Crippen LogP contribution is 2.26. The molecule has 3 fully saturated rings. The van der Waals surface area contributed by atoms with Crippen LogP contribution in [0, 0.1) is 25.7 Å². The fourth-order valence-electron chi connectivity index (χ4n) is 4.58. The molecule has 6 nitrogen and oxygen atoms in total. The number of nitrogens with zero attached hydrogens (tertiary/aromatic N) is 2. The highest BCUT2D eigenvalue weighted by Gasteiger charge is 2.37. The van der Waals surface area contributed by atoms with E-state index in [1.165, 1.54) is 0 Å². The van der Waals surface area contributed by atoms with Crippen molar-refractivity contribution in [1.82, 2.24) is 15.1 Å². The molecule has 0 bridgehead atoms. The number of hydrogen-bond donors (Lipinski definition) is 1. The number of hydrogen-bond acceptors (Lipinski definition) is 3. The van der Waals surface area contributed by atoms with Crippen molar-refractivity contribution in [2.45, 2.75) is 52.0 Å². The molecule has 3 amide bonds. The fourth-order valence-corrected chi connectivity index (χ4v) is 4.58. The quantitative estimate of drug-likeness (QED) is 0.829. The van der Waals surface area contributed by atoms with E-state index in [0.717, 1.165) is 55.5 Å². The summed E-state index contributed by atoms with van der Waals surface area (Å²) in [5.74, 6) is 0.429. The average Bonchev–Trinajstić information content (AvgIpc) is 3.42. The summed E-state index contributed by atoms with van der Waals surface area (Å²) in [6.45, 7) is 6.73. The summed E-state index contributed by atoms with van der Waals surface area (Å²) >= 11 is 0. The summed E-state index contributed by atoms with van der Waals surface area (Å²) in [5, 5.41) is 3.02. The first kappa shape index (κ1) is 19.9. The second-order valence-electron chi connectivity index (χ2n) is 9.09. The lowest BCUT2D eigenvalue weighted by Crippen LogP contribution is -2.42. The minimum Gasteiger partial charge on any atom is -0.353 e. The molecule has 1 aliphatic carbocycles. The minimum absolute atomic E-state index is 0.0391. The number of amides is 3. The molecule has 29 heavy (non-hydrogen) atoms. The zero-order valence-corrected chi connectivity index (χ0v) is 17.4. The number of rotatable bonds is 5. The molecular formula is C23H31N3O3. The third-order valence-corrected chi connectivity index (χ3v) is 6.36. The van der Waals surface area contributed by atoms with Gasteiger partial charge in [-0.05, 0) is 57.6 Å². The summed E-state index contributed by atoms with van der Waals surface area (Å²) in [6.07, 6.45) is 4.27. The van der Waals surface area contributed by atoms with Gasteiger partial charge in [0.15, 0.2) is 0 Å². The van der Waals surface area contributed by atoms with E-state index in [-0.39, 0.29) is 23.6 Å². The van der Waals surface area contributed by atoms with Gasteiger partial charge in [0.1, 0.15) is 0 Å². The molecule has 0 radical (unpaired) electrons. The maximum absolute atomic E-state index is 12.8. The summed E-state index contributed by atoms with van der Waals surface area (Å²) in [4.78, 5) is 41.2. The number of likely N-dealkylation sites (tertiary alicyclic amines) is 2. The third-order valence-electron chi connectivity index (χ3n) is 6.36. The van der Waals surface area contributed by atoms with Gasteiger partial charge in [-0.25, -0.2) is 0 Å². The largest absolute Gasteiger partial charge is 0.353 e. The van der Waals surface area contributed by atoms with Crippen molar-refractivity contribution in [3.8, 4) is 0 Å². The highest BCUT2D eigenvalue weighted by atomic mass is 16.2. The van der Waals surface area contributed by atoms with E-state index in [4.69, 9.17) is 0 Å². The van der Waals surface area contributed by atoms with Gasteiger partial charge in [-0.3, -0.25) is 14.4 Å². The van der Waals surface area contributed by atoms with E-state index in [9.17, 15) is 14.4 Å². The van der Waals surface area contributed by atoms with Crippen molar-refractivity contribution < 1.29 is 14.4 Å². The van der Waals surface area contributed by atoms with Gasteiger partial charge in [-0.2, -0.15) is 0 Å². The number of carbonyl (C=O) groups excluding carboxylic acids is 3. The van der Waals surface area contributed by atoms with Gasteiger partial charge in [0.25, 0.3) is 5.91 Å². The van der Waals surface area contributed by atoms with E-state index in [2.05, 4.69) is 11.4 Å². The Morgan fingerprint density at radius 2 is 1.69 bits per heavy atom. The summed E-state index contributed by atoms with van der Waals surface area (Å²) in [7, 11) is 0. The Balaban J connectivity index is 1.27. The number of aryl methyl sites for hydroxylation is 2. The van der Waals surface area contributed by atoms with Crippen LogP contribution in [-0.2, 0) is 9.59 Å². The molecule has 2 saturated heterocycles. The zero-order valence-electron chi connectivity index (χ0n) is 17.4. The normalized spacial score (nSPS) is 22.8. The monoisotopic (exact) mass is 397 g/mol. The van der Waals surface area contributed by atoms with Crippen molar-refractivity contribution >= 4 is 17.7 Å². The Morgan fingerprint density at radius 1 is 1.03 bits per heavy atom. The first-order valence-corrected chi connectivity index (χ1v) is 10.8. The van der Waals surface area contributed by atoms with Gasteiger partial charge in [-0.1, -0.05) is 17.2 Å². The van der Waals surface area contributed by atoms with Gasteiger partial charge in [0.2, 0.25) is 11.8 Å². The molecule has 6 heteroatoms. The van der Waals surface area contributed by atoms with Gasteiger partial charge in [-0.15, -0.1) is 0 Å². The second kappa shape index (κ2) is 8.17. The number of carbonyl (C=O) groups is 3. The van der Waals surface area contributed by atoms with Crippen LogP contribution in [0.4, 0.5) is 0 Å². The molecule has 4 rings (SSSR count). The molecule has 1 saturated carbocycles. The highest BCUT2D eigenvalue weighted by molar-refractivity contribution is 5.94. The molecule has 2 heterocycles. The predicted octanol–water partition coefficient (Wildman–Crippen LogP) is 2.28. The minimum atomic E-state index is -0.200. The smallest absolute Gasteiger partial charge is 0.253 e. The van der Waals surface area contributed by atoms with E-state index in [0.29, 0.717) is 31.5 Å². The third kappa shape index (κ3) is 4.80. The fraction of sp³-hybridized carbons (Fsp3) is 0.609. The molecule has 3 aliphatic rings. The number of piperidine rings is 1. The Hall–Kier alpha value is -2.37. The molecule has 0 aromatic heterocycles. The van der Waals surface area contributed by atoms with Gasteiger partial charge in [0, 0.05) is 44.2 Å². The topological polar surface area (TPSA) is 69.7 Å². The lowest BCUT2D eigenvalue weighted by Gasteiger charge is -2.34. The van der Waals surface area contributed by atoms with Crippen LogP contribution in [0.25, 0.3) is 0 Å². The van der Waals surface area contributed by atoms with E-state index in [1.807, 2.05) is 35.8 Å². The van der Waals surface area contributed by atoms with Gasteiger partial charge < -0.3 is 15.1 Å². The van der Waals surface area contributed by atoms with Crippen molar-refractivity contribution in [3.63, 3.8) is 0 Å². The lowest BCUT2D eigenvalue weighted by atomic mass is 9.95. The summed E-state index contributed by atoms with van der Waals surface area (Å²) < 4.78 is 0. The van der Waals surface area contributed by atoms with Gasteiger partial charge >= 0.3 is 0 Å². The summed E-state index contributed by atoms with van der Waals surface area (Å²) in [5.41, 5.74) is 2.98. The molecule has 1 N–H and O–H groups in total. The Bertz CT molecular complexity index is 789. The van der Waals surface area contributed by atoms with Crippen molar-refractivity contribution in [2.75, 3.05) is 26.2 Å². The molecule has 2 aliphatic heterocycles. The van der Waals surface area contributed by atoms with Crippen LogP contribution in [0.15, 0.2) is 18.2 Å². The maximum atomic E-state index is 12.8. The van der Waals surface area contributed by atoms with Crippen molar-refractivity contribution in [3.05, 3.63) is 34.9 Å². The molecular weight excluding hydrogens is 366 g/mol. The van der Waals surface area contributed by atoms with E-state index < -0.39 is 0 Å². The molecule has 1 unspecified atom stereocenters. The van der Waals surface area contributed by atoms with Gasteiger partial charge in [0.05, 0.1) is 5.92 Å². The Kier molecular flexibility index (Phi) is 5.61. The van der Waals surface area contributed by atoms with Crippen LogP contribution in [-0.4, -0.2) is 59.7 Å². The maximum Gasteiger partial charge on any atom is 0.253 e. The number of nitrogens with one attached hydrogen (secondary N) is 1. The lowest BCUT2D eigenvalue weighted by molar-refractivity contribution is -0.129. The molecule has 0 spiro atoms. The SMILES string of the molecule is Cc1cc(C)cc(C(=O)N2CCC(CN3CC(C(=O)NC4CC4)CC3=O)CC2)c1. The van der Waals surface area contributed by atoms with E-state index in [1.54, 1.807) is 0 Å². The average molecular weight is 398 g/mol. The molecule has 1 aromatic rings. The summed E-state index contributed by atoms with van der Waals surface area (Å²) in [6, 6.07) is 6.33. The molecule has 1 atom stereocenters. The molecule has 1 aromatic carbocycles. The number of benzene rings is 1. The van der Waals surface area contributed by atoms with Crippen LogP contribution in [0.3, 0.4) is 0 Å². The van der Waals surface area contributed by atoms with Crippen molar-refractivity contribution in [2.24, 2.45) is 11.8 Å². The first-order valence-electron chi connectivity index (χ1n) is 10.8. The van der Waals surface area contributed by atoms with Crippen LogP contribution in [0.2, 0.25) is 0 Å². The second-order valence-corrected chi connectivity index (χ2v) is 9.09. The van der Waals surface area contributed by atoms with Crippen LogP contribution in [0.1, 0.15) is 53.6 Å². The zero-order chi connectivity index (χ0) is 20.5. The van der Waals surface area contributed by atoms with Crippen LogP contribution in [0.5, 0.6) is 0 Å².